The number of ether oxygens (including phenoxy) is 2. The van der Waals surface area contributed by atoms with E-state index in [2.05, 4.69) is 24.1 Å². The molecule has 1 unspecified atom stereocenters. The second kappa shape index (κ2) is 8.28. The van der Waals surface area contributed by atoms with E-state index in [1.165, 1.54) is 12.6 Å². The average Bonchev–Trinajstić information content (AvgIpc) is 3.14. The van der Waals surface area contributed by atoms with E-state index < -0.39 is 11.9 Å². The van der Waals surface area contributed by atoms with Crippen molar-refractivity contribution < 1.29 is 23.5 Å². The number of dihydropyridines is 1. The first-order valence-electron chi connectivity index (χ1n) is 9.47. The molecule has 28 heavy (non-hydrogen) atoms. The highest BCUT2D eigenvalue weighted by molar-refractivity contribution is 6.04. The number of allylic oxidation sites excluding steroid dienone is 2. The number of Topliss-reactive ketones (excluding diaryl/α,β-unsaturated/α-hetero) is 1. The third-order valence-corrected chi connectivity index (χ3v) is 4.86. The number of nitrogens with one attached hydrogen (secondary N) is 1. The molecular weight excluding hydrogens is 362 g/mol. The number of rotatable bonds is 7. The molecule has 0 saturated carbocycles. The maximum absolute atomic E-state index is 13.1. The summed E-state index contributed by atoms with van der Waals surface area (Å²) in [6.45, 7) is 6.93. The molecule has 0 spiro atoms. The Morgan fingerprint density at radius 2 is 2.21 bits per heavy atom. The van der Waals surface area contributed by atoms with Crippen LogP contribution in [0.3, 0.4) is 0 Å². The van der Waals surface area contributed by atoms with Crippen LogP contribution >= 0.6 is 0 Å². The van der Waals surface area contributed by atoms with Gasteiger partial charge in [-0.1, -0.05) is 13.8 Å². The van der Waals surface area contributed by atoms with Crippen molar-refractivity contribution in [2.45, 2.75) is 39.5 Å². The fourth-order valence-electron chi connectivity index (χ4n) is 3.82. The molecule has 3 N–H and O–H groups in total. The van der Waals surface area contributed by atoms with Crippen molar-refractivity contribution in [2.75, 3.05) is 26.4 Å². The van der Waals surface area contributed by atoms with Gasteiger partial charge in [-0.3, -0.25) is 4.79 Å². The Hall–Kier alpha value is -2.45. The second-order valence-electron chi connectivity index (χ2n) is 7.75. The van der Waals surface area contributed by atoms with Crippen LogP contribution in [-0.2, 0) is 19.1 Å². The van der Waals surface area contributed by atoms with Gasteiger partial charge in [0.2, 0.25) is 0 Å². The summed E-state index contributed by atoms with van der Waals surface area (Å²) in [5, 5.41) is 3.29. The lowest BCUT2D eigenvalue weighted by Gasteiger charge is -2.39. The quantitative estimate of drug-likeness (QED) is 0.536. The first-order valence-corrected chi connectivity index (χ1v) is 9.47. The van der Waals surface area contributed by atoms with Crippen molar-refractivity contribution >= 4 is 11.8 Å². The Kier molecular flexibility index (Phi) is 6.00. The van der Waals surface area contributed by atoms with Crippen LogP contribution in [0.25, 0.3) is 0 Å². The van der Waals surface area contributed by atoms with Gasteiger partial charge in [0.1, 0.15) is 5.76 Å². The summed E-state index contributed by atoms with van der Waals surface area (Å²) in [6.07, 6.45) is 3.90. The molecule has 2 heterocycles. The number of ketones is 1. The van der Waals surface area contributed by atoms with Crippen LogP contribution in [0.2, 0.25) is 0 Å². The number of carbonyl (C=O) groups excluding carboxylic acids is 2. The molecule has 0 aromatic carbocycles. The van der Waals surface area contributed by atoms with Gasteiger partial charge >= 0.3 is 5.97 Å². The fraction of sp³-hybridized carbons (Fsp3) is 0.550. The molecule has 1 aliphatic heterocycles. The fourth-order valence-corrected chi connectivity index (χ4v) is 3.82. The zero-order chi connectivity index (χ0) is 20.3. The Morgan fingerprint density at radius 3 is 2.86 bits per heavy atom. The molecule has 0 bridgehead atoms. The summed E-state index contributed by atoms with van der Waals surface area (Å²) in [5.74, 6) is -0.755. The lowest BCUT2D eigenvalue weighted by molar-refractivity contribution is -0.139. The van der Waals surface area contributed by atoms with Crippen LogP contribution in [0, 0.1) is 5.41 Å². The van der Waals surface area contributed by atoms with E-state index in [1.807, 2.05) is 0 Å². The smallest absolute Gasteiger partial charge is 0.336 e. The Morgan fingerprint density at radius 1 is 1.43 bits per heavy atom. The van der Waals surface area contributed by atoms with E-state index in [4.69, 9.17) is 19.6 Å². The minimum absolute atomic E-state index is 0.0103. The number of nitrogens with zero attached hydrogens (tertiary/aromatic N) is 1. The van der Waals surface area contributed by atoms with E-state index >= 15 is 0 Å². The van der Waals surface area contributed by atoms with Gasteiger partial charge in [-0.15, -0.1) is 0 Å². The van der Waals surface area contributed by atoms with Gasteiger partial charge in [0, 0.05) is 24.2 Å². The van der Waals surface area contributed by atoms with Crippen LogP contribution in [0.4, 0.5) is 0 Å². The van der Waals surface area contributed by atoms with Crippen LogP contribution in [0.15, 0.2) is 39.5 Å². The zero-order valence-corrected chi connectivity index (χ0v) is 16.5. The highest BCUT2D eigenvalue weighted by Gasteiger charge is 2.45. The lowest BCUT2D eigenvalue weighted by Crippen LogP contribution is -2.40. The minimum atomic E-state index is -0.669. The number of carbonyl (C=O) groups is 2. The molecule has 8 nitrogen and oxygen atoms in total. The Labute approximate surface area is 164 Å². The average molecular weight is 389 g/mol. The third-order valence-electron chi connectivity index (χ3n) is 4.86. The van der Waals surface area contributed by atoms with E-state index in [0.29, 0.717) is 48.6 Å². The summed E-state index contributed by atoms with van der Waals surface area (Å²) < 4.78 is 16.4. The molecule has 1 aromatic rings. The van der Waals surface area contributed by atoms with Gasteiger partial charge in [-0.05, 0) is 18.8 Å². The molecule has 2 aliphatic rings. The number of hydrogen-bond acceptors (Lipinski definition) is 8. The van der Waals surface area contributed by atoms with E-state index in [-0.39, 0.29) is 24.4 Å². The zero-order valence-electron chi connectivity index (χ0n) is 16.5. The third kappa shape index (κ3) is 4.02. The molecule has 3 rings (SSSR count). The van der Waals surface area contributed by atoms with Crippen molar-refractivity contribution in [2.24, 2.45) is 11.1 Å². The van der Waals surface area contributed by atoms with E-state index in [1.54, 1.807) is 6.92 Å². The van der Waals surface area contributed by atoms with Crippen LogP contribution in [0.1, 0.15) is 45.3 Å². The van der Waals surface area contributed by atoms with Crippen molar-refractivity contribution in [3.63, 3.8) is 0 Å². The molecule has 0 saturated heterocycles. The van der Waals surface area contributed by atoms with Gasteiger partial charge < -0.3 is 24.9 Å². The number of aromatic nitrogens is 1. The summed E-state index contributed by atoms with van der Waals surface area (Å²) >= 11 is 0. The van der Waals surface area contributed by atoms with Crippen LogP contribution in [-0.4, -0.2) is 43.1 Å². The SMILES string of the molecule is CCOC(=O)C1=C(COCCN)NC2=C(C(=O)CC(C)(C)C2)C1c1cnco1. The first-order chi connectivity index (χ1) is 13.4. The highest BCUT2D eigenvalue weighted by Crippen LogP contribution is 2.46. The molecule has 1 aromatic heterocycles. The van der Waals surface area contributed by atoms with Crippen LogP contribution < -0.4 is 11.1 Å². The van der Waals surface area contributed by atoms with Crippen molar-refractivity contribution in [3.05, 3.63) is 40.9 Å². The Bertz CT molecular complexity index is 808. The summed E-state index contributed by atoms with van der Waals surface area (Å²) in [4.78, 5) is 29.9. The maximum atomic E-state index is 13.1. The van der Waals surface area contributed by atoms with E-state index in [9.17, 15) is 9.59 Å². The molecule has 1 atom stereocenters. The monoisotopic (exact) mass is 389 g/mol. The molecule has 0 radical (unpaired) electrons. The highest BCUT2D eigenvalue weighted by atomic mass is 16.5. The second-order valence-corrected chi connectivity index (χ2v) is 7.75. The molecule has 152 valence electrons. The lowest BCUT2D eigenvalue weighted by atomic mass is 9.69. The molecule has 1 aliphatic carbocycles. The van der Waals surface area contributed by atoms with Crippen molar-refractivity contribution in [1.29, 1.82) is 0 Å². The predicted molar refractivity (Wildman–Crippen MR) is 101 cm³/mol. The number of hydrogen-bond donors (Lipinski definition) is 2. The number of oxazole rings is 1. The topological polar surface area (TPSA) is 117 Å². The van der Waals surface area contributed by atoms with Gasteiger partial charge in [-0.2, -0.15) is 0 Å². The summed E-state index contributed by atoms with van der Waals surface area (Å²) in [5.41, 5.74) is 7.57. The number of nitrogens with two attached hydrogens (primary N) is 1. The molecule has 0 amide bonds. The van der Waals surface area contributed by atoms with Gasteiger partial charge in [-0.25, -0.2) is 9.78 Å². The standard InChI is InChI=1S/C20H27N3O5/c1-4-27-19(25)17-13(10-26-6-5-21)23-12-7-20(2,3)8-14(24)16(12)18(17)15-9-22-11-28-15/h9,11,18,23H,4-8,10,21H2,1-3H3. The largest absolute Gasteiger partial charge is 0.463 e. The van der Waals surface area contributed by atoms with Crippen LogP contribution in [0.5, 0.6) is 0 Å². The Balaban J connectivity index is 2.11. The molecule has 0 fully saturated rings. The first kappa shape index (κ1) is 20.3. The molecule has 8 heteroatoms. The number of esters is 1. The van der Waals surface area contributed by atoms with Crippen molar-refractivity contribution in [1.82, 2.24) is 10.3 Å². The predicted octanol–water partition coefficient (Wildman–Crippen LogP) is 1.80. The van der Waals surface area contributed by atoms with Gasteiger partial charge in [0.15, 0.2) is 12.2 Å². The van der Waals surface area contributed by atoms with Gasteiger partial charge in [0.05, 0.1) is 43.2 Å². The van der Waals surface area contributed by atoms with E-state index in [0.717, 1.165) is 5.70 Å². The normalized spacial score (nSPS) is 21.4. The van der Waals surface area contributed by atoms with Crippen molar-refractivity contribution in [3.8, 4) is 0 Å². The maximum Gasteiger partial charge on any atom is 0.336 e. The minimum Gasteiger partial charge on any atom is -0.463 e. The van der Waals surface area contributed by atoms with Gasteiger partial charge in [0.25, 0.3) is 0 Å². The summed E-state index contributed by atoms with van der Waals surface area (Å²) in [6, 6.07) is 0. The summed E-state index contributed by atoms with van der Waals surface area (Å²) in [7, 11) is 0. The molecular formula is C20H27N3O5.